The summed E-state index contributed by atoms with van der Waals surface area (Å²) in [5.41, 5.74) is 0. The zero-order valence-electron chi connectivity index (χ0n) is 10.5. The van der Waals surface area contributed by atoms with Gasteiger partial charge in [0.05, 0.1) is 6.10 Å². The summed E-state index contributed by atoms with van der Waals surface area (Å²) in [6.07, 6.45) is 5.85. The molecular weight excluding hydrogens is 200 g/mol. The molecule has 0 radical (unpaired) electrons. The lowest BCUT2D eigenvalue weighted by molar-refractivity contribution is 0.0382. The Morgan fingerprint density at radius 2 is 1.81 bits per heavy atom. The van der Waals surface area contributed by atoms with Crippen LogP contribution < -0.4 is 5.32 Å². The third-order valence-electron chi connectivity index (χ3n) is 4.36. The van der Waals surface area contributed by atoms with E-state index in [-0.39, 0.29) is 6.10 Å². The predicted octanol–water partition coefficient (Wildman–Crippen LogP) is 1.22. The molecule has 3 nitrogen and oxygen atoms in total. The van der Waals surface area contributed by atoms with E-state index >= 15 is 0 Å². The van der Waals surface area contributed by atoms with Crippen LogP contribution in [0.4, 0.5) is 0 Å². The number of piperidine rings is 2. The van der Waals surface area contributed by atoms with Gasteiger partial charge < -0.3 is 15.3 Å². The average molecular weight is 226 g/mol. The fourth-order valence-corrected chi connectivity index (χ4v) is 3.17. The Labute approximate surface area is 99.2 Å². The minimum absolute atomic E-state index is 0.0600. The summed E-state index contributed by atoms with van der Waals surface area (Å²) in [4.78, 5) is 2.65. The molecule has 1 atom stereocenters. The van der Waals surface area contributed by atoms with Crippen molar-refractivity contribution in [1.29, 1.82) is 0 Å². The van der Waals surface area contributed by atoms with E-state index in [1.165, 1.54) is 51.9 Å². The normalized spacial score (nSPS) is 28.1. The molecule has 3 heteroatoms. The van der Waals surface area contributed by atoms with E-state index in [0.29, 0.717) is 5.92 Å². The van der Waals surface area contributed by atoms with Crippen LogP contribution in [0.15, 0.2) is 0 Å². The van der Waals surface area contributed by atoms with Crippen molar-refractivity contribution >= 4 is 0 Å². The highest BCUT2D eigenvalue weighted by atomic mass is 16.3. The van der Waals surface area contributed by atoms with E-state index < -0.39 is 0 Å². The number of rotatable bonds is 3. The van der Waals surface area contributed by atoms with E-state index in [9.17, 15) is 5.11 Å². The molecule has 0 aromatic carbocycles. The minimum Gasteiger partial charge on any atom is -0.393 e. The van der Waals surface area contributed by atoms with Gasteiger partial charge in [0.2, 0.25) is 0 Å². The first-order chi connectivity index (χ1) is 7.81. The maximum absolute atomic E-state index is 9.85. The predicted molar refractivity (Wildman–Crippen MR) is 66.5 cm³/mol. The van der Waals surface area contributed by atoms with Crippen molar-refractivity contribution in [2.24, 2.45) is 5.92 Å². The fraction of sp³-hybridized carbons (Fsp3) is 1.00. The average Bonchev–Trinajstić information content (AvgIpc) is 2.39. The van der Waals surface area contributed by atoms with Crippen LogP contribution in [0.2, 0.25) is 0 Å². The number of nitrogens with one attached hydrogen (secondary N) is 1. The maximum Gasteiger partial charge on any atom is 0.0566 e. The molecule has 16 heavy (non-hydrogen) atoms. The lowest BCUT2D eigenvalue weighted by Gasteiger charge is -2.40. The molecule has 2 N–H and O–H groups in total. The van der Waals surface area contributed by atoms with Crippen LogP contribution in [0, 0.1) is 5.92 Å². The first-order valence-electron chi connectivity index (χ1n) is 6.94. The molecule has 2 aliphatic rings. The topological polar surface area (TPSA) is 35.5 Å². The van der Waals surface area contributed by atoms with Crippen LogP contribution in [0.1, 0.15) is 39.0 Å². The van der Waals surface area contributed by atoms with Gasteiger partial charge in [0.1, 0.15) is 0 Å². The molecule has 0 aromatic rings. The SMILES string of the molecule is CC[C@H](O)C1CCN(C2CCNCC2)CC1. The highest BCUT2D eigenvalue weighted by molar-refractivity contribution is 4.83. The zero-order valence-corrected chi connectivity index (χ0v) is 10.5. The molecule has 0 saturated carbocycles. The van der Waals surface area contributed by atoms with Gasteiger partial charge in [-0.15, -0.1) is 0 Å². The molecule has 0 spiro atoms. The number of aliphatic hydroxyl groups is 1. The molecular formula is C13H26N2O. The second-order valence-corrected chi connectivity index (χ2v) is 5.33. The fourth-order valence-electron chi connectivity index (χ4n) is 3.17. The van der Waals surface area contributed by atoms with Crippen molar-refractivity contribution in [3.63, 3.8) is 0 Å². The molecule has 0 aliphatic carbocycles. The van der Waals surface area contributed by atoms with Crippen molar-refractivity contribution in [2.75, 3.05) is 26.2 Å². The lowest BCUT2D eigenvalue weighted by Crippen LogP contribution is -2.47. The van der Waals surface area contributed by atoms with Crippen molar-refractivity contribution in [2.45, 2.75) is 51.2 Å². The van der Waals surface area contributed by atoms with Crippen LogP contribution in [0.5, 0.6) is 0 Å². The monoisotopic (exact) mass is 226 g/mol. The molecule has 2 rings (SSSR count). The van der Waals surface area contributed by atoms with Gasteiger partial charge in [-0.05, 0) is 64.2 Å². The standard InChI is InChI=1S/C13H26N2O/c1-2-13(16)11-5-9-15(10-6-11)12-3-7-14-8-4-12/h11-14,16H,2-10H2,1H3/t13-/m0/s1. The number of nitrogens with zero attached hydrogens (tertiary/aromatic N) is 1. The molecule has 0 bridgehead atoms. The number of aliphatic hydroxyl groups excluding tert-OH is 1. The first-order valence-corrected chi connectivity index (χ1v) is 6.94. The van der Waals surface area contributed by atoms with Crippen LogP contribution in [-0.4, -0.2) is 48.3 Å². The number of likely N-dealkylation sites (tertiary alicyclic amines) is 1. The maximum atomic E-state index is 9.85. The van der Waals surface area contributed by atoms with Crippen LogP contribution in [0.3, 0.4) is 0 Å². The molecule has 2 saturated heterocycles. The minimum atomic E-state index is -0.0600. The summed E-state index contributed by atoms with van der Waals surface area (Å²) < 4.78 is 0. The van der Waals surface area contributed by atoms with Crippen LogP contribution in [-0.2, 0) is 0 Å². The Morgan fingerprint density at radius 1 is 1.19 bits per heavy atom. The van der Waals surface area contributed by atoms with Crippen molar-refractivity contribution in [3.8, 4) is 0 Å². The summed E-state index contributed by atoms with van der Waals surface area (Å²) in [6, 6.07) is 0.806. The highest BCUT2D eigenvalue weighted by Gasteiger charge is 2.28. The van der Waals surface area contributed by atoms with E-state index in [1.54, 1.807) is 0 Å². The van der Waals surface area contributed by atoms with Crippen LogP contribution >= 0.6 is 0 Å². The summed E-state index contributed by atoms with van der Waals surface area (Å²) in [6.45, 7) is 6.85. The summed E-state index contributed by atoms with van der Waals surface area (Å²) >= 11 is 0. The third-order valence-corrected chi connectivity index (χ3v) is 4.36. The highest BCUT2D eigenvalue weighted by Crippen LogP contribution is 2.25. The van der Waals surface area contributed by atoms with Gasteiger partial charge in [-0.3, -0.25) is 0 Å². The van der Waals surface area contributed by atoms with Gasteiger partial charge in [0.25, 0.3) is 0 Å². The lowest BCUT2D eigenvalue weighted by atomic mass is 9.88. The Kier molecular flexibility index (Phi) is 4.62. The molecule has 2 heterocycles. The van der Waals surface area contributed by atoms with E-state index in [4.69, 9.17) is 0 Å². The Morgan fingerprint density at radius 3 is 2.38 bits per heavy atom. The van der Waals surface area contributed by atoms with Crippen molar-refractivity contribution < 1.29 is 5.11 Å². The molecule has 2 aliphatic heterocycles. The summed E-state index contributed by atoms with van der Waals surface area (Å²) in [5, 5.41) is 13.3. The quantitative estimate of drug-likeness (QED) is 0.759. The summed E-state index contributed by atoms with van der Waals surface area (Å²) in [5.74, 6) is 0.558. The smallest absolute Gasteiger partial charge is 0.0566 e. The van der Waals surface area contributed by atoms with Gasteiger partial charge in [0.15, 0.2) is 0 Å². The Balaban J connectivity index is 1.75. The first kappa shape index (κ1) is 12.3. The third kappa shape index (κ3) is 2.96. The molecule has 0 unspecified atom stereocenters. The molecule has 94 valence electrons. The van der Waals surface area contributed by atoms with Crippen molar-refractivity contribution in [3.05, 3.63) is 0 Å². The summed E-state index contributed by atoms with van der Waals surface area (Å²) in [7, 11) is 0. The molecule has 2 fully saturated rings. The largest absolute Gasteiger partial charge is 0.393 e. The molecule has 0 aromatic heterocycles. The Bertz CT molecular complexity index is 196. The van der Waals surface area contributed by atoms with Gasteiger partial charge in [-0.1, -0.05) is 6.92 Å². The second kappa shape index (κ2) is 5.99. The Hall–Kier alpha value is -0.120. The van der Waals surface area contributed by atoms with E-state index in [2.05, 4.69) is 17.1 Å². The van der Waals surface area contributed by atoms with Gasteiger partial charge in [-0.25, -0.2) is 0 Å². The molecule has 0 amide bonds. The van der Waals surface area contributed by atoms with Gasteiger partial charge >= 0.3 is 0 Å². The zero-order chi connectivity index (χ0) is 11.4. The number of hydrogen-bond donors (Lipinski definition) is 2. The van der Waals surface area contributed by atoms with Crippen molar-refractivity contribution in [1.82, 2.24) is 10.2 Å². The van der Waals surface area contributed by atoms with E-state index in [0.717, 1.165) is 12.5 Å². The van der Waals surface area contributed by atoms with Gasteiger partial charge in [0, 0.05) is 6.04 Å². The van der Waals surface area contributed by atoms with Crippen LogP contribution in [0.25, 0.3) is 0 Å². The van der Waals surface area contributed by atoms with Gasteiger partial charge in [-0.2, -0.15) is 0 Å². The number of hydrogen-bond acceptors (Lipinski definition) is 3. The van der Waals surface area contributed by atoms with E-state index in [1.807, 2.05) is 0 Å². The second-order valence-electron chi connectivity index (χ2n) is 5.33.